The lowest BCUT2D eigenvalue weighted by Gasteiger charge is -2.24. The van der Waals surface area contributed by atoms with Crippen LogP contribution in [0.15, 0.2) is 154 Å². The summed E-state index contributed by atoms with van der Waals surface area (Å²) in [4.78, 5) is 5.35. The number of rotatable bonds is 4. The van der Waals surface area contributed by atoms with E-state index >= 15 is 0 Å². The van der Waals surface area contributed by atoms with Gasteiger partial charge in [0.05, 0.1) is 22.2 Å². The third-order valence-corrected chi connectivity index (χ3v) is 13.0. The number of nitrogens with zero attached hydrogens (tertiary/aromatic N) is 2. The predicted octanol–water partition coefficient (Wildman–Crippen LogP) is 12.9. The SMILES string of the molecule is C=Cc1c(C=C)n(-c2ccc3c(c2)c2ccccc2n3-c2ccccc2)c2cc3c(cc12)C(C)(C)c1cc2c(cc1-3)Sc1ccccc1S2. The molecule has 0 amide bonds. The van der Waals surface area contributed by atoms with Gasteiger partial charge in [-0.1, -0.05) is 105 Å². The molecule has 0 fully saturated rings. The maximum atomic E-state index is 4.31. The first-order chi connectivity index (χ1) is 24.0. The molecule has 2 nitrogen and oxygen atoms in total. The van der Waals surface area contributed by atoms with Crippen molar-refractivity contribution in [3.05, 3.63) is 157 Å². The van der Waals surface area contributed by atoms with Crippen LogP contribution in [-0.2, 0) is 5.41 Å². The van der Waals surface area contributed by atoms with Crippen LogP contribution in [0.1, 0.15) is 36.2 Å². The summed E-state index contributed by atoms with van der Waals surface area (Å²) in [5.74, 6) is 0. The van der Waals surface area contributed by atoms with Gasteiger partial charge in [0.15, 0.2) is 0 Å². The van der Waals surface area contributed by atoms with E-state index in [0.29, 0.717) is 0 Å². The summed E-state index contributed by atoms with van der Waals surface area (Å²) in [5, 5.41) is 3.67. The van der Waals surface area contributed by atoms with Gasteiger partial charge in [0.25, 0.3) is 0 Å². The van der Waals surface area contributed by atoms with Crippen molar-refractivity contribution in [2.24, 2.45) is 0 Å². The molecule has 3 heterocycles. The van der Waals surface area contributed by atoms with E-state index in [-0.39, 0.29) is 5.41 Å². The smallest absolute Gasteiger partial charge is 0.0547 e. The van der Waals surface area contributed by atoms with Gasteiger partial charge in [-0.3, -0.25) is 0 Å². The van der Waals surface area contributed by atoms with Gasteiger partial charge in [0.2, 0.25) is 0 Å². The van der Waals surface area contributed by atoms with E-state index in [1.807, 2.05) is 35.7 Å². The molecule has 8 aromatic rings. The van der Waals surface area contributed by atoms with E-state index in [1.165, 1.54) is 74.5 Å². The lowest BCUT2D eigenvalue weighted by Crippen LogP contribution is -2.15. The predicted molar refractivity (Wildman–Crippen MR) is 210 cm³/mol. The highest BCUT2D eigenvalue weighted by molar-refractivity contribution is 8.05. The summed E-state index contributed by atoms with van der Waals surface area (Å²) in [5.41, 5.74) is 13.3. The highest BCUT2D eigenvalue weighted by atomic mass is 32.2. The average molecular weight is 665 g/mol. The molecule has 4 heteroatoms. The Morgan fingerprint density at radius 1 is 0.510 bits per heavy atom. The molecule has 0 N–H and O–H groups in total. The first kappa shape index (κ1) is 28.8. The van der Waals surface area contributed by atoms with E-state index in [2.05, 4.69) is 157 Å². The van der Waals surface area contributed by atoms with Gasteiger partial charge < -0.3 is 9.13 Å². The lowest BCUT2D eigenvalue weighted by atomic mass is 9.82. The highest BCUT2D eigenvalue weighted by Gasteiger charge is 2.38. The summed E-state index contributed by atoms with van der Waals surface area (Å²) < 4.78 is 4.75. The van der Waals surface area contributed by atoms with Crippen LogP contribution in [0.2, 0.25) is 0 Å². The number of aromatic nitrogens is 2. The van der Waals surface area contributed by atoms with E-state index in [9.17, 15) is 0 Å². The van der Waals surface area contributed by atoms with Gasteiger partial charge in [-0.25, -0.2) is 0 Å². The van der Waals surface area contributed by atoms with Crippen molar-refractivity contribution >= 4 is 68.4 Å². The largest absolute Gasteiger partial charge is 0.309 e. The summed E-state index contributed by atoms with van der Waals surface area (Å²) in [6.07, 6.45) is 3.99. The van der Waals surface area contributed by atoms with Crippen molar-refractivity contribution in [2.75, 3.05) is 0 Å². The number of fused-ring (bicyclic) bond motifs is 9. The van der Waals surface area contributed by atoms with Crippen LogP contribution < -0.4 is 0 Å². The Morgan fingerprint density at radius 3 is 1.92 bits per heavy atom. The zero-order valence-electron chi connectivity index (χ0n) is 27.3. The molecular formula is C45H32N2S2. The van der Waals surface area contributed by atoms with E-state index in [1.54, 1.807) is 0 Å². The van der Waals surface area contributed by atoms with Crippen LogP contribution in [0.4, 0.5) is 0 Å². The first-order valence-electron chi connectivity index (χ1n) is 16.7. The van der Waals surface area contributed by atoms with Crippen LogP contribution in [0.3, 0.4) is 0 Å². The molecule has 0 spiro atoms. The summed E-state index contributed by atoms with van der Waals surface area (Å²) in [6, 6.07) is 44.7. The second-order valence-corrected chi connectivity index (χ2v) is 15.6. The Kier molecular flexibility index (Phi) is 6.13. The van der Waals surface area contributed by atoms with E-state index in [0.717, 1.165) is 22.6 Å². The minimum atomic E-state index is -0.136. The van der Waals surface area contributed by atoms with Crippen LogP contribution in [0.5, 0.6) is 0 Å². The lowest BCUT2D eigenvalue weighted by molar-refractivity contribution is 0.658. The third kappa shape index (κ3) is 3.99. The van der Waals surface area contributed by atoms with Crippen molar-refractivity contribution in [1.82, 2.24) is 9.13 Å². The summed E-state index contributed by atoms with van der Waals surface area (Å²) in [7, 11) is 0. The summed E-state index contributed by atoms with van der Waals surface area (Å²) in [6.45, 7) is 13.4. The van der Waals surface area contributed by atoms with E-state index < -0.39 is 0 Å². The molecule has 1 aliphatic carbocycles. The van der Waals surface area contributed by atoms with Crippen LogP contribution in [0, 0.1) is 0 Å². The fourth-order valence-corrected chi connectivity index (χ4v) is 10.5. The number of benzene rings is 6. The maximum Gasteiger partial charge on any atom is 0.0547 e. The van der Waals surface area contributed by atoms with Gasteiger partial charge in [-0.15, -0.1) is 0 Å². The van der Waals surface area contributed by atoms with Crippen molar-refractivity contribution in [1.29, 1.82) is 0 Å². The van der Waals surface area contributed by atoms with Crippen molar-refractivity contribution in [3.63, 3.8) is 0 Å². The number of hydrogen-bond acceptors (Lipinski definition) is 2. The molecule has 2 aromatic heterocycles. The van der Waals surface area contributed by atoms with Crippen molar-refractivity contribution in [3.8, 4) is 22.5 Å². The zero-order chi connectivity index (χ0) is 33.0. The maximum absolute atomic E-state index is 4.31. The molecule has 234 valence electrons. The molecule has 6 aromatic carbocycles. The number of hydrogen-bond donors (Lipinski definition) is 0. The van der Waals surface area contributed by atoms with E-state index in [4.69, 9.17) is 0 Å². The van der Waals surface area contributed by atoms with Gasteiger partial charge in [0, 0.05) is 58.1 Å². The van der Waals surface area contributed by atoms with Crippen molar-refractivity contribution in [2.45, 2.75) is 38.8 Å². The third-order valence-electron chi connectivity index (χ3n) is 10.5. The molecule has 0 saturated carbocycles. The second kappa shape index (κ2) is 10.4. The minimum absolute atomic E-state index is 0.136. The van der Waals surface area contributed by atoms with Gasteiger partial charge in [0.1, 0.15) is 0 Å². The summed E-state index contributed by atoms with van der Waals surface area (Å²) >= 11 is 3.78. The molecule has 10 rings (SSSR count). The Balaban J connectivity index is 1.22. The molecule has 0 bridgehead atoms. The molecular weight excluding hydrogens is 633 g/mol. The topological polar surface area (TPSA) is 9.86 Å². The minimum Gasteiger partial charge on any atom is -0.309 e. The molecule has 2 aliphatic rings. The Labute approximate surface area is 294 Å². The first-order valence-corrected chi connectivity index (χ1v) is 18.3. The van der Waals surface area contributed by atoms with Crippen LogP contribution in [0.25, 0.3) is 67.4 Å². The Hall–Kier alpha value is -5.16. The monoisotopic (exact) mass is 664 g/mol. The molecule has 0 unspecified atom stereocenters. The molecule has 0 radical (unpaired) electrons. The quantitative estimate of drug-likeness (QED) is 0.185. The Bertz CT molecular complexity index is 2720. The average Bonchev–Trinajstić information content (AvgIpc) is 3.71. The van der Waals surface area contributed by atoms with Gasteiger partial charge in [-0.2, -0.15) is 0 Å². The van der Waals surface area contributed by atoms with Gasteiger partial charge in [-0.05, 0) is 101 Å². The van der Waals surface area contributed by atoms with Crippen molar-refractivity contribution < 1.29 is 0 Å². The number of para-hydroxylation sites is 2. The van der Waals surface area contributed by atoms with Crippen LogP contribution >= 0.6 is 23.5 Å². The Morgan fingerprint density at radius 2 is 1.16 bits per heavy atom. The van der Waals surface area contributed by atoms with Gasteiger partial charge >= 0.3 is 0 Å². The molecule has 49 heavy (non-hydrogen) atoms. The fraction of sp³-hybridized carbons (Fsp3) is 0.0667. The molecule has 1 aliphatic heterocycles. The normalized spacial score (nSPS) is 14.1. The highest BCUT2D eigenvalue weighted by Crippen LogP contribution is 2.56. The second-order valence-electron chi connectivity index (χ2n) is 13.5. The van der Waals surface area contributed by atoms with Crippen LogP contribution in [-0.4, -0.2) is 9.13 Å². The molecule has 0 saturated heterocycles. The standard InChI is InChI=1S/C45H32N2S2/c1-5-29-34-23-35-31(32-25-43-44(26-36(32)45(35,3)4)49-42-19-13-12-18-41(42)48-43)24-40(34)47(37(29)6-2)28-20-21-39-33(22-28)30-16-10-11-17-38(30)46(39)27-14-8-7-9-15-27/h5-26H,1-2H2,3-4H3. The molecule has 0 atom stereocenters. The fourth-order valence-electron chi connectivity index (χ4n) is 8.23. The zero-order valence-corrected chi connectivity index (χ0v) is 29.0.